The van der Waals surface area contributed by atoms with Crippen LogP contribution in [0.5, 0.6) is 40.9 Å². The van der Waals surface area contributed by atoms with Crippen LogP contribution in [0.4, 0.5) is 22.0 Å². The Morgan fingerprint density at radius 1 is 0.376 bits per heavy atom. The molecule has 0 atom stereocenters. The molecule has 633 valence electrons. The molecule has 10 aromatic heterocycles. The van der Waals surface area contributed by atoms with Gasteiger partial charge in [0.1, 0.15) is 44.5 Å². The molecule has 0 bridgehead atoms. The van der Waals surface area contributed by atoms with E-state index in [0.29, 0.717) is 69.9 Å². The number of nitrogens with zero attached hydrogens (tertiary/aromatic N) is 30. The molecule has 0 amide bonds. The normalized spacial score (nSPS) is 11.0. The number of methoxy groups -OCH3 is 1. The van der Waals surface area contributed by atoms with E-state index in [1.807, 2.05) is 19.1 Å². The van der Waals surface area contributed by atoms with Crippen molar-refractivity contribution in [2.75, 3.05) is 13.7 Å². The van der Waals surface area contributed by atoms with Crippen molar-refractivity contribution in [1.29, 1.82) is 0 Å². The molecule has 1 aliphatic carbocycles. The van der Waals surface area contributed by atoms with E-state index in [-0.39, 0.29) is 247 Å². The van der Waals surface area contributed by atoms with Crippen molar-refractivity contribution < 1.29 is 219 Å². The van der Waals surface area contributed by atoms with E-state index in [4.69, 9.17) is 33.2 Å². The summed E-state index contributed by atoms with van der Waals surface area (Å²) in [5.41, 5.74) is 1.67. The van der Waals surface area contributed by atoms with E-state index < -0.39 is 36.2 Å². The van der Waals surface area contributed by atoms with Crippen molar-refractivity contribution in [3.05, 3.63) is 281 Å². The quantitative estimate of drug-likeness (QED) is 0.0578. The number of hydrogen-bond acceptors (Lipinski definition) is 32. The van der Waals surface area contributed by atoms with E-state index in [2.05, 4.69) is 139 Å². The summed E-state index contributed by atoms with van der Waals surface area (Å²) in [6, 6.07) is 31.3. The zero-order chi connectivity index (χ0) is 84.8. The van der Waals surface area contributed by atoms with Gasteiger partial charge in [-0.2, -0.15) is 60.0 Å². The molecule has 52 heteroatoms. The summed E-state index contributed by atoms with van der Waals surface area (Å²) in [7, 11) is 8.93. The van der Waals surface area contributed by atoms with Crippen LogP contribution in [0.3, 0.4) is 0 Å². The maximum Gasteiger partial charge on any atom is 0.416 e. The fourth-order valence-corrected chi connectivity index (χ4v) is 11.0. The third-order valence-corrected chi connectivity index (χ3v) is 16.9. The van der Waals surface area contributed by atoms with Gasteiger partial charge in [-0.3, -0.25) is 0 Å². The summed E-state index contributed by atoms with van der Waals surface area (Å²) < 4.78 is 116. The first-order chi connectivity index (χ1) is 58.1. The molecule has 0 spiro atoms. The van der Waals surface area contributed by atoms with Gasteiger partial charge in [0.15, 0.2) is 0 Å². The number of halogens is 5. The minimum absolute atomic E-state index is 0. The third kappa shape index (κ3) is 26.4. The molecule has 125 heavy (non-hydrogen) atoms. The van der Waals surface area contributed by atoms with Gasteiger partial charge in [-0.15, -0.1) is 0 Å². The first-order valence-electron chi connectivity index (χ1n) is 35.2. The van der Waals surface area contributed by atoms with Crippen LogP contribution in [0.2, 0.25) is 0 Å². The molecule has 15 aromatic rings. The zero-order valence-corrected chi connectivity index (χ0v) is 81.0. The Morgan fingerprint density at radius 3 is 0.968 bits per heavy atom. The predicted octanol–water partition coefficient (Wildman–Crippen LogP) is 3.90. The van der Waals surface area contributed by atoms with Crippen LogP contribution in [0, 0.1) is 31.0 Å². The molecule has 5 aromatic carbocycles. The van der Waals surface area contributed by atoms with Gasteiger partial charge in [-0.05, 0) is 132 Å². The van der Waals surface area contributed by atoms with E-state index in [9.17, 15) is 45.9 Å². The van der Waals surface area contributed by atoms with Gasteiger partial charge in [-0.1, -0.05) is 104 Å². The monoisotopic (exact) mass is 2090 g/mol. The van der Waals surface area contributed by atoms with E-state index >= 15 is 0 Å². The number of tetrazole rings is 5. The SMILES string of the molecule is CCOc1cccc(-n2nnn(C)c2=O)c1COc1c[c-]ncn1.COc1cccc(-n2nnn(C)c2=O)c1COc1c[c-]ncn1.Cn1nnn(-c2cccc(C(F)(F)F)c2COc2c[c-]ncn2)c1=O.Cn1nnn(-c2cccc(C(F)F)c2COc2c[c-]ncn2)c1=O.Cn1nnn(-c2cccc(C3CC3)c2COc2c[c-]ncn2)c1=O.[Y].[Y].[Y].[Y].[Y]. The molecule has 16 rings (SSSR count). The number of aryl methyl sites for hydroxylation is 5. The van der Waals surface area contributed by atoms with E-state index in [0.717, 1.165) is 58.9 Å². The number of hydrogen-bond donors (Lipinski definition) is 0. The van der Waals surface area contributed by atoms with Crippen molar-refractivity contribution in [2.45, 2.75) is 71.3 Å². The Morgan fingerprint density at radius 2 is 0.664 bits per heavy atom. The Labute approximate surface area is 828 Å². The second kappa shape index (κ2) is 48.9. The third-order valence-electron chi connectivity index (χ3n) is 16.9. The largest absolute Gasteiger partial charge is 0.530 e. The maximum atomic E-state index is 13.4. The van der Waals surface area contributed by atoms with Crippen molar-refractivity contribution in [1.82, 2.24) is 149 Å². The number of benzene rings is 5. The average molecular weight is 2090 g/mol. The van der Waals surface area contributed by atoms with Crippen molar-refractivity contribution >= 4 is 0 Å². The van der Waals surface area contributed by atoms with Gasteiger partial charge >= 0.3 is 34.6 Å². The molecular formula is C73H64F5N30O12Y5-5. The number of ether oxygens (including phenoxy) is 7. The van der Waals surface area contributed by atoms with Crippen LogP contribution in [-0.4, -0.2) is 163 Å². The number of alkyl halides is 5. The Hall–Kier alpha value is -10.4. The standard InChI is InChI=1S/C16H15N6O2.C15H15N6O3.C14H10F3N6O2.C14H11F2N6O2.C14H13N6O3.5Y/c1-21-16(23)22(20-19-21)14-4-2-3-12(11-5-6-11)13(14)9-24-15-7-8-17-10-18-15;1-3-23-13-6-4-5-12(21-15(22)20(2)18-19-21)11(13)9-24-14-7-8-16-10-17-14;1-22-13(24)23(21-20-22)11-4-2-3-10(14(15,16)17)9(11)7-25-12-5-6-18-8-19-12;1-21-14(23)22(20-19-21)11-4-2-3-9(13(15)16)10(11)7-24-12-5-6-17-8-18-12;1-19-14(21)20(18-17-19)11-4-3-5-12(22-2)10(11)8-23-13-6-7-15-9-16-13;;;;;/h2-4,7,10-11H,5-6,9H2,1H3;4-7,10H,3,9H2,1-2H3;2-5,8H,7H2,1H3;2-5,8,13H,7H2,1H3;3-6,9H,8H2,1-2H3;;;;;/q5*-1;;;;;. The van der Waals surface area contributed by atoms with E-state index in [1.54, 1.807) is 56.6 Å². The molecule has 10 heterocycles. The van der Waals surface area contributed by atoms with Crippen LogP contribution in [0.15, 0.2) is 177 Å². The maximum absolute atomic E-state index is 13.4. The van der Waals surface area contributed by atoms with Crippen LogP contribution in [0.1, 0.15) is 76.6 Å². The minimum Gasteiger partial charge on any atom is -0.530 e. The average Bonchev–Trinajstić information content (AvgIpc) is 1.48. The Balaban J connectivity index is 0.000000212. The van der Waals surface area contributed by atoms with Gasteiger partial charge in [0.2, 0.25) is 0 Å². The molecule has 1 aliphatic rings. The van der Waals surface area contributed by atoms with Crippen LogP contribution in [0.25, 0.3) is 28.4 Å². The van der Waals surface area contributed by atoms with Gasteiger partial charge in [0, 0.05) is 253 Å². The first-order valence-corrected chi connectivity index (χ1v) is 35.2. The Bertz CT molecular complexity index is 6110. The molecule has 0 N–H and O–H groups in total. The fraction of sp³-hybridized carbons (Fsp3) is 0.247. The number of aromatic nitrogens is 30. The van der Waals surface area contributed by atoms with Crippen molar-refractivity contribution in [3.63, 3.8) is 0 Å². The smallest absolute Gasteiger partial charge is 0.416 e. The molecule has 42 nitrogen and oxygen atoms in total. The second-order valence-corrected chi connectivity index (χ2v) is 24.6. The van der Waals surface area contributed by atoms with Gasteiger partial charge < -0.3 is 83.0 Å². The van der Waals surface area contributed by atoms with Crippen molar-refractivity contribution in [2.24, 2.45) is 35.2 Å². The summed E-state index contributed by atoms with van der Waals surface area (Å²) in [6.07, 6.45) is 14.3. The predicted molar refractivity (Wildman–Crippen MR) is 399 cm³/mol. The molecule has 5 radical (unpaired) electrons. The fourth-order valence-electron chi connectivity index (χ4n) is 11.0. The molecular weight excluding hydrogens is 2030 g/mol. The minimum atomic E-state index is -4.64. The summed E-state index contributed by atoms with van der Waals surface area (Å²) in [5, 5.41) is 37.3. The second-order valence-electron chi connectivity index (χ2n) is 24.6. The van der Waals surface area contributed by atoms with Crippen molar-refractivity contribution in [3.8, 4) is 69.3 Å². The molecule has 1 fully saturated rings. The van der Waals surface area contributed by atoms with Crippen LogP contribution in [-0.2, 0) is 238 Å². The van der Waals surface area contributed by atoms with Crippen LogP contribution < -0.4 is 61.6 Å². The van der Waals surface area contributed by atoms with Gasteiger partial charge in [0.25, 0.3) is 6.43 Å². The Kier molecular flexibility index (Phi) is 39.8. The zero-order valence-electron chi connectivity index (χ0n) is 66.8. The summed E-state index contributed by atoms with van der Waals surface area (Å²) >= 11 is 0. The topological polar surface area (TPSA) is 457 Å². The number of rotatable bonds is 25. The molecule has 0 unspecified atom stereocenters. The molecule has 1 saturated carbocycles. The van der Waals surface area contributed by atoms with Gasteiger partial charge in [-0.25, -0.2) is 32.8 Å². The summed E-state index contributed by atoms with van der Waals surface area (Å²) in [5.74, 6) is 3.07. The van der Waals surface area contributed by atoms with E-state index in [1.165, 1.54) is 132 Å². The molecule has 0 aliphatic heterocycles. The van der Waals surface area contributed by atoms with Gasteiger partial charge in [0.05, 0.1) is 88.2 Å². The summed E-state index contributed by atoms with van der Waals surface area (Å²) in [6.45, 7) is 2.20. The van der Waals surface area contributed by atoms with Crippen LogP contribution >= 0.6 is 0 Å². The summed E-state index contributed by atoms with van der Waals surface area (Å²) in [4.78, 5) is 98.5. The molecule has 0 saturated heterocycles. The first kappa shape index (κ1) is 102.